The van der Waals surface area contributed by atoms with Gasteiger partial charge in [0.25, 0.3) is 6.43 Å². The summed E-state index contributed by atoms with van der Waals surface area (Å²) in [7, 11) is 0. The summed E-state index contributed by atoms with van der Waals surface area (Å²) in [5, 5.41) is 3.98. The van der Waals surface area contributed by atoms with Crippen molar-refractivity contribution in [3.8, 4) is 0 Å². The first kappa shape index (κ1) is 23.4. The van der Waals surface area contributed by atoms with Gasteiger partial charge in [-0.2, -0.15) is 0 Å². The second-order valence-electron chi connectivity index (χ2n) is 9.41. The van der Waals surface area contributed by atoms with E-state index < -0.39 is 36.9 Å². The van der Waals surface area contributed by atoms with Gasteiger partial charge >= 0.3 is 0 Å². The summed E-state index contributed by atoms with van der Waals surface area (Å²) >= 11 is 0. The minimum Gasteiger partial charge on any atom is -0.380 e. The van der Waals surface area contributed by atoms with Crippen molar-refractivity contribution in [1.82, 2.24) is 20.1 Å². The van der Waals surface area contributed by atoms with E-state index in [-0.39, 0.29) is 12.7 Å². The van der Waals surface area contributed by atoms with Crippen LogP contribution in [0.25, 0.3) is 10.9 Å². The molecule has 2 N–H and O–H groups in total. The number of halogens is 5. The number of nitrogens with zero attached hydrogens (tertiary/aromatic N) is 2. The van der Waals surface area contributed by atoms with Crippen molar-refractivity contribution < 1.29 is 22.0 Å². The van der Waals surface area contributed by atoms with Gasteiger partial charge in [-0.25, -0.2) is 17.6 Å². The SMILES string of the molecule is FCCCN1CC(NC2=CC(F)C(C3c4c([nH]c5ccccc45)CCN3CC(F)F)C(F)=C2)C1. The molecule has 3 heterocycles. The Morgan fingerprint density at radius 1 is 1.18 bits per heavy atom. The van der Waals surface area contributed by atoms with Gasteiger partial charge in [0.05, 0.1) is 25.2 Å². The molecule has 0 bridgehead atoms. The Bertz CT molecular complexity index is 1070. The molecule has 0 spiro atoms. The number of benzene rings is 1. The molecular formula is C25H29F5N4. The van der Waals surface area contributed by atoms with E-state index in [1.165, 1.54) is 17.1 Å². The first-order chi connectivity index (χ1) is 16.4. The molecule has 5 rings (SSSR count). The van der Waals surface area contributed by atoms with E-state index in [1.807, 2.05) is 24.3 Å². The van der Waals surface area contributed by atoms with Crippen LogP contribution in [0.2, 0.25) is 0 Å². The number of alkyl halides is 4. The predicted molar refractivity (Wildman–Crippen MR) is 122 cm³/mol. The zero-order valence-corrected chi connectivity index (χ0v) is 18.8. The van der Waals surface area contributed by atoms with Crippen molar-refractivity contribution in [3.63, 3.8) is 0 Å². The van der Waals surface area contributed by atoms with E-state index in [9.17, 15) is 13.2 Å². The highest BCUT2D eigenvalue weighted by atomic mass is 19.3. The number of nitrogens with one attached hydrogen (secondary N) is 2. The Morgan fingerprint density at radius 2 is 1.97 bits per heavy atom. The highest BCUT2D eigenvalue weighted by Crippen LogP contribution is 2.46. The molecule has 34 heavy (non-hydrogen) atoms. The second kappa shape index (κ2) is 9.70. The lowest BCUT2D eigenvalue weighted by atomic mass is 9.80. The van der Waals surface area contributed by atoms with Crippen LogP contribution in [-0.4, -0.2) is 72.8 Å². The zero-order valence-electron chi connectivity index (χ0n) is 18.8. The summed E-state index contributed by atoms with van der Waals surface area (Å²) in [4.78, 5) is 6.93. The second-order valence-corrected chi connectivity index (χ2v) is 9.41. The minimum absolute atomic E-state index is 0.0453. The summed E-state index contributed by atoms with van der Waals surface area (Å²) in [6.45, 7) is 1.46. The minimum atomic E-state index is -2.60. The van der Waals surface area contributed by atoms with Crippen LogP contribution in [0, 0.1) is 5.92 Å². The molecule has 1 aliphatic carbocycles. The third-order valence-electron chi connectivity index (χ3n) is 7.11. The maximum absolute atomic E-state index is 15.6. The predicted octanol–water partition coefficient (Wildman–Crippen LogP) is 4.67. The van der Waals surface area contributed by atoms with E-state index in [4.69, 9.17) is 0 Å². The van der Waals surface area contributed by atoms with Gasteiger partial charge in [-0.3, -0.25) is 14.2 Å². The summed E-state index contributed by atoms with van der Waals surface area (Å²) in [6.07, 6.45) is -0.610. The fourth-order valence-corrected chi connectivity index (χ4v) is 5.62. The van der Waals surface area contributed by atoms with Gasteiger partial charge in [0.1, 0.15) is 12.0 Å². The van der Waals surface area contributed by atoms with Gasteiger partial charge < -0.3 is 10.3 Å². The van der Waals surface area contributed by atoms with Crippen molar-refractivity contribution in [3.05, 3.63) is 59.2 Å². The van der Waals surface area contributed by atoms with Crippen molar-refractivity contribution >= 4 is 10.9 Å². The average molecular weight is 481 g/mol. The number of H-pyrrole nitrogens is 1. The lowest BCUT2D eigenvalue weighted by Crippen LogP contribution is -2.57. The number of allylic oxidation sites excluding steroid dienone is 2. The van der Waals surface area contributed by atoms with Gasteiger partial charge in [0.2, 0.25) is 0 Å². The standard InChI is InChI=1S/C25H29F5N4/c26-7-3-8-33-12-16(13-33)31-15-10-18(27)24(19(28)11-15)25-23-17-4-1-2-5-20(17)32-21(23)6-9-34(25)14-22(29)30/h1-2,4-5,10-11,16,18,22,24-25,31-32H,3,6-9,12-14H2. The van der Waals surface area contributed by atoms with Crippen LogP contribution in [0.1, 0.15) is 23.7 Å². The van der Waals surface area contributed by atoms with Crippen molar-refractivity contribution in [2.75, 3.05) is 39.4 Å². The van der Waals surface area contributed by atoms with E-state index in [0.29, 0.717) is 50.3 Å². The van der Waals surface area contributed by atoms with Crippen LogP contribution in [0.4, 0.5) is 22.0 Å². The topological polar surface area (TPSA) is 34.3 Å². The number of rotatable bonds is 8. The molecule has 2 aromatic rings. The van der Waals surface area contributed by atoms with E-state index in [2.05, 4.69) is 15.2 Å². The Kier molecular flexibility index (Phi) is 6.66. The first-order valence-corrected chi connectivity index (χ1v) is 11.8. The summed E-state index contributed by atoms with van der Waals surface area (Å²) in [5.41, 5.74) is 2.78. The quantitative estimate of drug-likeness (QED) is 0.539. The van der Waals surface area contributed by atoms with Gasteiger partial charge in [0, 0.05) is 60.9 Å². The summed E-state index contributed by atoms with van der Waals surface area (Å²) < 4.78 is 70.3. The molecule has 3 atom stereocenters. The van der Waals surface area contributed by atoms with Crippen LogP contribution in [0.5, 0.6) is 0 Å². The molecule has 1 fully saturated rings. The normalized spacial score (nSPS) is 26.4. The fourth-order valence-electron chi connectivity index (χ4n) is 5.62. The van der Waals surface area contributed by atoms with Gasteiger partial charge in [-0.1, -0.05) is 18.2 Å². The molecule has 0 radical (unpaired) electrons. The highest BCUT2D eigenvalue weighted by molar-refractivity contribution is 5.85. The van der Waals surface area contributed by atoms with Crippen LogP contribution < -0.4 is 5.32 Å². The monoisotopic (exact) mass is 480 g/mol. The van der Waals surface area contributed by atoms with Crippen LogP contribution in [0.15, 0.2) is 47.9 Å². The highest BCUT2D eigenvalue weighted by Gasteiger charge is 2.44. The van der Waals surface area contributed by atoms with E-state index in [0.717, 1.165) is 16.6 Å². The molecule has 184 valence electrons. The molecule has 9 heteroatoms. The van der Waals surface area contributed by atoms with Crippen molar-refractivity contribution in [2.24, 2.45) is 5.92 Å². The first-order valence-electron chi connectivity index (χ1n) is 11.8. The number of para-hydroxylation sites is 1. The fraction of sp³-hybridized carbons (Fsp3) is 0.520. The van der Waals surface area contributed by atoms with E-state index in [1.54, 1.807) is 0 Å². The largest absolute Gasteiger partial charge is 0.380 e. The summed E-state index contributed by atoms with van der Waals surface area (Å²) in [6, 6.07) is 6.68. The van der Waals surface area contributed by atoms with Gasteiger partial charge in [0.15, 0.2) is 0 Å². The molecule has 1 aromatic carbocycles. The molecule has 4 nitrogen and oxygen atoms in total. The number of hydrogen-bond donors (Lipinski definition) is 2. The van der Waals surface area contributed by atoms with Crippen molar-refractivity contribution in [1.29, 1.82) is 0 Å². The number of aromatic amines is 1. The maximum Gasteiger partial charge on any atom is 0.251 e. The third-order valence-corrected chi connectivity index (χ3v) is 7.11. The third kappa shape index (κ3) is 4.47. The lowest BCUT2D eigenvalue weighted by Gasteiger charge is -2.43. The zero-order chi connectivity index (χ0) is 23.8. The molecule has 0 saturated carbocycles. The molecule has 3 aliphatic rings. The number of hydrogen-bond acceptors (Lipinski definition) is 3. The number of likely N-dealkylation sites (tertiary alicyclic amines) is 1. The molecule has 1 aromatic heterocycles. The number of fused-ring (bicyclic) bond motifs is 3. The van der Waals surface area contributed by atoms with Crippen molar-refractivity contribution in [2.45, 2.75) is 37.5 Å². The Morgan fingerprint density at radius 3 is 2.71 bits per heavy atom. The maximum atomic E-state index is 15.6. The van der Waals surface area contributed by atoms with Crippen LogP contribution in [-0.2, 0) is 6.42 Å². The molecule has 2 aliphatic heterocycles. The Hall–Kier alpha value is -2.39. The number of aromatic nitrogens is 1. The van der Waals surface area contributed by atoms with Crippen LogP contribution >= 0.6 is 0 Å². The van der Waals surface area contributed by atoms with Crippen LogP contribution in [0.3, 0.4) is 0 Å². The molecule has 3 unspecified atom stereocenters. The Balaban J connectivity index is 1.39. The lowest BCUT2D eigenvalue weighted by molar-refractivity contribution is 0.0319. The summed E-state index contributed by atoms with van der Waals surface area (Å²) in [5.74, 6) is -1.85. The van der Waals surface area contributed by atoms with Gasteiger partial charge in [-0.05, 0) is 30.2 Å². The molecule has 1 saturated heterocycles. The van der Waals surface area contributed by atoms with E-state index >= 15 is 8.78 Å². The Labute approximate surface area is 195 Å². The smallest absolute Gasteiger partial charge is 0.251 e. The average Bonchev–Trinajstić information content (AvgIpc) is 3.14. The molecule has 0 amide bonds. The molecular weight excluding hydrogens is 451 g/mol. The van der Waals surface area contributed by atoms with Gasteiger partial charge in [-0.15, -0.1) is 0 Å².